The zero-order chi connectivity index (χ0) is 17.2. The lowest BCUT2D eigenvalue weighted by Crippen LogP contribution is -2.47. The standard InChI is InChI=1S/C18H22N6/c1-18(2,3)15-11-17(21-13-20-15)24-9-7-23(8-10-24)16-6-4-5-14(12-19)22-16/h4-6,11,13H,7-10H2,1-3H3. The van der Waals surface area contributed by atoms with E-state index in [9.17, 15) is 0 Å². The summed E-state index contributed by atoms with van der Waals surface area (Å²) in [5.74, 6) is 1.85. The van der Waals surface area contributed by atoms with Gasteiger partial charge >= 0.3 is 0 Å². The van der Waals surface area contributed by atoms with Gasteiger partial charge in [0.05, 0.1) is 5.69 Å². The third-order valence-corrected chi connectivity index (χ3v) is 4.20. The van der Waals surface area contributed by atoms with Crippen LogP contribution in [-0.4, -0.2) is 41.1 Å². The minimum Gasteiger partial charge on any atom is -0.353 e. The highest BCUT2D eigenvalue weighted by atomic mass is 15.3. The van der Waals surface area contributed by atoms with Crippen LogP contribution in [-0.2, 0) is 5.41 Å². The first-order chi connectivity index (χ1) is 11.5. The monoisotopic (exact) mass is 322 g/mol. The van der Waals surface area contributed by atoms with Crippen molar-refractivity contribution in [2.45, 2.75) is 26.2 Å². The summed E-state index contributed by atoms with van der Waals surface area (Å²) in [6.07, 6.45) is 1.65. The minimum absolute atomic E-state index is 0.0150. The molecule has 6 heteroatoms. The quantitative estimate of drug-likeness (QED) is 0.845. The summed E-state index contributed by atoms with van der Waals surface area (Å²) in [7, 11) is 0. The van der Waals surface area contributed by atoms with Crippen LogP contribution in [0.5, 0.6) is 0 Å². The molecule has 0 aliphatic carbocycles. The highest BCUT2D eigenvalue weighted by molar-refractivity contribution is 5.46. The van der Waals surface area contributed by atoms with Crippen molar-refractivity contribution in [2.24, 2.45) is 0 Å². The maximum absolute atomic E-state index is 8.99. The first-order valence-electron chi connectivity index (χ1n) is 8.17. The van der Waals surface area contributed by atoms with E-state index in [1.54, 1.807) is 12.4 Å². The minimum atomic E-state index is 0.0150. The predicted octanol–water partition coefficient (Wildman–Crippen LogP) is 2.37. The van der Waals surface area contributed by atoms with E-state index in [-0.39, 0.29) is 5.41 Å². The molecule has 0 amide bonds. The Hall–Kier alpha value is -2.68. The first kappa shape index (κ1) is 16.2. The third kappa shape index (κ3) is 3.46. The molecule has 3 rings (SSSR count). The lowest BCUT2D eigenvalue weighted by Gasteiger charge is -2.36. The topological polar surface area (TPSA) is 68.9 Å². The van der Waals surface area contributed by atoms with Gasteiger partial charge < -0.3 is 9.80 Å². The van der Waals surface area contributed by atoms with Gasteiger partial charge in [-0.05, 0) is 12.1 Å². The SMILES string of the molecule is CC(C)(C)c1cc(N2CCN(c3cccc(C#N)n3)CC2)ncn1. The van der Waals surface area contributed by atoms with Gasteiger partial charge in [0, 0.05) is 37.7 Å². The largest absolute Gasteiger partial charge is 0.353 e. The molecule has 0 saturated carbocycles. The number of anilines is 2. The molecule has 124 valence electrons. The molecule has 0 spiro atoms. The number of nitrogens with zero attached hydrogens (tertiary/aromatic N) is 6. The van der Waals surface area contributed by atoms with Crippen LogP contribution in [0.1, 0.15) is 32.2 Å². The molecule has 0 aromatic carbocycles. The molecule has 1 saturated heterocycles. The van der Waals surface area contributed by atoms with Crippen molar-refractivity contribution < 1.29 is 0 Å². The van der Waals surface area contributed by atoms with E-state index in [1.807, 2.05) is 12.1 Å². The lowest BCUT2D eigenvalue weighted by atomic mass is 9.92. The Kier molecular flexibility index (Phi) is 4.34. The summed E-state index contributed by atoms with van der Waals surface area (Å²) < 4.78 is 0. The second-order valence-electron chi connectivity index (χ2n) is 6.98. The number of hydrogen-bond acceptors (Lipinski definition) is 6. The van der Waals surface area contributed by atoms with Crippen molar-refractivity contribution >= 4 is 11.6 Å². The summed E-state index contributed by atoms with van der Waals surface area (Å²) in [6, 6.07) is 9.75. The normalized spacial score (nSPS) is 15.2. The van der Waals surface area contributed by atoms with Crippen LogP contribution in [0, 0.1) is 11.3 Å². The Morgan fingerprint density at radius 1 is 1.00 bits per heavy atom. The molecule has 0 atom stereocenters. The Bertz CT molecular complexity index is 751. The van der Waals surface area contributed by atoms with Gasteiger partial charge in [-0.15, -0.1) is 0 Å². The molecule has 24 heavy (non-hydrogen) atoms. The van der Waals surface area contributed by atoms with E-state index in [4.69, 9.17) is 5.26 Å². The molecule has 0 N–H and O–H groups in total. The number of nitriles is 1. The second-order valence-corrected chi connectivity index (χ2v) is 6.98. The summed E-state index contributed by atoms with van der Waals surface area (Å²) in [5, 5.41) is 8.99. The van der Waals surface area contributed by atoms with Crippen LogP contribution in [0.15, 0.2) is 30.6 Å². The zero-order valence-electron chi connectivity index (χ0n) is 14.4. The van der Waals surface area contributed by atoms with Crippen molar-refractivity contribution in [3.05, 3.63) is 42.0 Å². The van der Waals surface area contributed by atoms with Crippen LogP contribution < -0.4 is 9.80 Å². The molecule has 0 radical (unpaired) electrons. The third-order valence-electron chi connectivity index (χ3n) is 4.20. The molecule has 1 aliphatic rings. The van der Waals surface area contributed by atoms with E-state index in [1.165, 1.54) is 0 Å². The van der Waals surface area contributed by atoms with Crippen molar-refractivity contribution in [3.63, 3.8) is 0 Å². The van der Waals surface area contributed by atoms with Crippen molar-refractivity contribution in [3.8, 4) is 6.07 Å². The molecule has 1 fully saturated rings. The average molecular weight is 322 g/mol. The number of aromatic nitrogens is 3. The van der Waals surface area contributed by atoms with Crippen molar-refractivity contribution in [1.82, 2.24) is 15.0 Å². The molecule has 1 aliphatic heterocycles. The number of piperazine rings is 1. The van der Waals surface area contributed by atoms with E-state index in [0.29, 0.717) is 5.69 Å². The van der Waals surface area contributed by atoms with Crippen LogP contribution in [0.2, 0.25) is 0 Å². The fraction of sp³-hybridized carbons (Fsp3) is 0.444. The Balaban J connectivity index is 1.70. The summed E-state index contributed by atoms with van der Waals surface area (Å²) in [4.78, 5) is 17.7. The fourth-order valence-electron chi connectivity index (χ4n) is 2.76. The Morgan fingerprint density at radius 2 is 1.67 bits per heavy atom. The summed E-state index contributed by atoms with van der Waals surface area (Å²) in [5.41, 5.74) is 1.53. The van der Waals surface area contributed by atoms with Crippen molar-refractivity contribution in [1.29, 1.82) is 5.26 Å². The van der Waals surface area contributed by atoms with Crippen LogP contribution in [0.3, 0.4) is 0 Å². The van der Waals surface area contributed by atoms with Gasteiger partial charge in [-0.1, -0.05) is 26.8 Å². The summed E-state index contributed by atoms with van der Waals surface area (Å²) in [6.45, 7) is 9.94. The zero-order valence-corrected chi connectivity index (χ0v) is 14.4. The van der Waals surface area contributed by atoms with Crippen molar-refractivity contribution in [2.75, 3.05) is 36.0 Å². The van der Waals surface area contributed by atoms with Crippen LogP contribution >= 0.6 is 0 Å². The molecule has 0 unspecified atom stereocenters. The smallest absolute Gasteiger partial charge is 0.142 e. The number of hydrogen-bond donors (Lipinski definition) is 0. The van der Waals surface area contributed by atoms with Gasteiger partial charge in [0.1, 0.15) is 29.7 Å². The first-order valence-corrected chi connectivity index (χ1v) is 8.17. The molecule has 6 nitrogen and oxygen atoms in total. The van der Waals surface area contributed by atoms with E-state index in [0.717, 1.165) is 43.5 Å². The Labute approximate surface area is 142 Å². The summed E-state index contributed by atoms with van der Waals surface area (Å²) >= 11 is 0. The van der Waals surface area contributed by atoms with Gasteiger partial charge in [-0.25, -0.2) is 15.0 Å². The van der Waals surface area contributed by atoms with Crippen LogP contribution in [0.25, 0.3) is 0 Å². The van der Waals surface area contributed by atoms with E-state index < -0.39 is 0 Å². The molecule has 0 bridgehead atoms. The molecule has 2 aromatic rings. The molecule has 2 aromatic heterocycles. The molecular formula is C18H22N6. The van der Waals surface area contributed by atoms with Gasteiger partial charge in [-0.3, -0.25) is 0 Å². The van der Waals surface area contributed by atoms with E-state index >= 15 is 0 Å². The van der Waals surface area contributed by atoms with Gasteiger partial charge in [0.25, 0.3) is 0 Å². The number of pyridine rings is 1. The lowest BCUT2D eigenvalue weighted by molar-refractivity contribution is 0.564. The van der Waals surface area contributed by atoms with E-state index in [2.05, 4.69) is 57.7 Å². The fourth-order valence-corrected chi connectivity index (χ4v) is 2.76. The predicted molar refractivity (Wildman–Crippen MR) is 94.1 cm³/mol. The second kappa shape index (κ2) is 6.44. The van der Waals surface area contributed by atoms with Gasteiger partial charge in [-0.2, -0.15) is 5.26 Å². The highest BCUT2D eigenvalue weighted by Crippen LogP contribution is 2.24. The molecule has 3 heterocycles. The Morgan fingerprint density at radius 3 is 2.29 bits per heavy atom. The average Bonchev–Trinajstić information content (AvgIpc) is 2.61. The van der Waals surface area contributed by atoms with Gasteiger partial charge in [0.2, 0.25) is 0 Å². The van der Waals surface area contributed by atoms with Gasteiger partial charge in [0.15, 0.2) is 0 Å². The number of rotatable bonds is 2. The maximum atomic E-state index is 8.99. The van der Waals surface area contributed by atoms with Crippen LogP contribution in [0.4, 0.5) is 11.6 Å². The molecular weight excluding hydrogens is 300 g/mol. The highest BCUT2D eigenvalue weighted by Gasteiger charge is 2.22. The maximum Gasteiger partial charge on any atom is 0.142 e.